The highest BCUT2D eigenvalue weighted by Gasteiger charge is 2.30. The number of halogens is 1. The van der Waals surface area contributed by atoms with Crippen LogP contribution in [0.15, 0.2) is 84.9 Å². The van der Waals surface area contributed by atoms with Gasteiger partial charge < -0.3 is 14.8 Å². The first-order valence-electron chi connectivity index (χ1n) is 10.2. The molecule has 5 rings (SSSR count). The third-order valence-corrected chi connectivity index (χ3v) is 5.71. The lowest BCUT2D eigenvalue weighted by Gasteiger charge is -2.30. The fraction of sp³-hybridized carbons (Fsp3) is 0.111. The Morgan fingerprint density at radius 2 is 1.71 bits per heavy atom. The Morgan fingerprint density at radius 1 is 0.871 bits per heavy atom. The molecule has 1 aliphatic rings. The highest BCUT2D eigenvalue weighted by Crippen LogP contribution is 2.50. The number of nitrogens with one attached hydrogen (secondary N) is 1. The molecule has 1 atom stereocenters. The van der Waals surface area contributed by atoms with Gasteiger partial charge in [0.2, 0.25) is 0 Å². The molecule has 4 aromatic carbocycles. The molecule has 0 spiro atoms. The molecule has 0 amide bonds. The summed E-state index contributed by atoms with van der Waals surface area (Å²) in [6.45, 7) is 0. The van der Waals surface area contributed by atoms with E-state index in [1.54, 1.807) is 13.2 Å². The van der Waals surface area contributed by atoms with E-state index in [2.05, 4.69) is 29.6 Å². The van der Waals surface area contributed by atoms with Crippen LogP contribution in [0.25, 0.3) is 22.3 Å². The third-order valence-electron chi connectivity index (χ3n) is 5.71. The van der Waals surface area contributed by atoms with Gasteiger partial charge in [-0.1, -0.05) is 48.5 Å². The summed E-state index contributed by atoms with van der Waals surface area (Å²) in [4.78, 5) is 0. The number of para-hydroxylation sites is 1. The Kier molecular flexibility index (Phi) is 4.83. The van der Waals surface area contributed by atoms with Crippen molar-refractivity contribution in [1.82, 2.24) is 0 Å². The smallest absolute Gasteiger partial charge is 0.150 e. The molecule has 1 unspecified atom stereocenters. The van der Waals surface area contributed by atoms with Crippen molar-refractivity contribution in [2.45, 2.75) is 6.10 Å². The van der Waals surface area contributed by atoms with E-state index in [0.29, 0.717) is 0 Å². The maximum Gasteiger partial charge on any atom is 0.150 e. The molecule has 0 saturated carbocycles. The topological polar surface area (TPSA) is 30.5 Å². The monoisotopic (exact) mass is 411 g/mol. The molecule has 0 aromatic heterocycles. The first-order chi connectivity index (χ1) is 15.2. The van der Waals surface area contributed by atoms with E-state index in [0.717, 1.165) is 50.6 Å². The molecule has 0 saturated heterocycles. The molecule has 31 heavy (non-hydrogen) atoms. The Balaban J connectivity index is 1.75. The largest absolute Gasteiger partial charge is 0.496 e. The molecule has 154 valence electrons. The number of hydrogen-bond donors (Lipinski definition) is 1. The third kappa shape index (κ3) is 3.30. The number of fused-ring (bicyclic) bond motifs is 3. The second-order valence-electron chi connectivity index (χ2n) is 7.48. The molecule has 0 fully saturated rings. The first-order valence-corrected chi connectivity index (χ1v) is 10.2. The van der Waals surface area contributed by atoms with Gasteiger partial charge in [-0.05, 0) is 53.1 Å². The van der Waals surface area contributed by atoms with Gasteiger partial charge in [0, 0.05) is 23.9 Å². The Labute approximate surface area is 181 Å². The summed E-state index contributed by atoms with van der Waals surface area (Å²) in [6.07, 6.45) is -0.424. The zero-order chi connectivity index (χ0) is 21.4. The fourth-order valence-corrected chi connectivity index (χ4v) is 4.28. The number of benzene rings is 4. The Hall–Kier alpha value is -3.79. The molecular formula is C27H22FNO2. The van der Waals surface area contributed by atoms with Gasteiger partial charge in [-0.15, -0.1) is 0 Å². The molecule has 0 radical (unpaired) electrons. The van der Waals surface area contributed by atoms with Gasteiger partial charge in [0.05, 0.1) is 12.7 Å². The first kappa shape index (κ1) is 19.2. The summed E-state index contributed by atoms with van der Waals surface area (Å²) in [5, 5.41) is 3.26. The van der Waals surface area contributed by atoms with E-state index in [4.69, 9.17) is 9.47 Å². The lowest BCUT2D eigenvalue weighted by atomic mass is 9.86. The molecule has 0 aliphatic carbocycles. The van der Waals surface area contributed by atoms with Crippen LogP contribution < -0.4 is 14.8 Å². The summed E-state index contributed by atoms with van der Waals surface area (Å²) in [7, 11) is 3.57. The molecule has 3 nitrogen and oxygen atoms in total. The maximum atomic E-state index is 14.1. The summed E-state index contributed by atoms with van der Waals surface area (Å²) in [6, 6.07) is 26.9. The van der Waals surface area contributed by atoms with Crippen molar-refractivity contribution in [2.24, 2.45) is 0 Å². The van der Waals surface area contributed by atoms with Crippen molar-refractivity contribution in [3.8, 4) is 33.8 Å². The van der Waals surface area contributed by atoms with Crippen LogP contribution in [0, 0.1) is 5.82 Å². The van der Waals surface area contributed by atoms with E-state index in [9.17, 15) is 4.39 Å². The van der Waals surface area contributed by atoms with E-state index in [-0.39, 0.29) is 5.82 Å². The minimum absolute atomic E-state index is 0.282. The predicted octanol–water partition coefficient (Wildman–Crippen LogP) is 6.69. The van der Waals surface area contributed by atoms with Crippen LogP contribution in [0.4, 0.5) is 10.1 Å². The standard InChI is InChI=1S/C27H22FNO2/c1-29-23-10-4-3-9-20(23)17-13-14-21-22(16-17)27(18-7-5-8-19(28)15-18)31-25-12-6-11-24(30-2)26(21)25/h3-16,27,29H,1-2H3. The second-order valence-corrected chi connectivity index (χ2v) is 7.48. The van der Waals surface area contributed by atoms with Gasteiger partial charge in [0.25, 0.3) is 0 Å². The molecule has 4 aromatic rings. The molecule has 1 heterocycles. The number of methoxy groups -OCH3 is 1. The molecule has 4 heteroatoms. The van der Waals surface area contributed by atoms with Gasteiger partial charge in [-0.3, -0.25) is 0 Å². The van der Waals surface area contributed by atoms with Crippen LogP contribution in [-0.2, 0) is 0 Å². The number of ether oxygens (including phenoxy) is 2. The summed E-state index contributed by atoms with van der Waals surface area (Å²) in [5.41, 5.74) is 6.89. The van der Waals surface area contributed by atoms with Crippen LogP contribution in [0.3, 0.4) is 0 Å². The van der Waals surface area contributed by atoms with Crippen LogP contribution >= 0.6 is 0 Å². The van der Waals surface area contributed by atoms with Gasteiger partial charge in [0.1, 0.15) is 23.4 Å². The van der Waals surface area contributed by atoms with Crippen molar-refractivity contribution in [3.63, 3.8) is 0 Å². The molecule has 1 aliphatic heterocycles. The average molecular weight is 411 g/mol. The van der Waals surface area contributed by atoms with E-state index < -0.39 is 6.10 Å². The fourth-order valence-electron chi connectivity index (χ4n) is 4.28. The summed E-state index contributed by atoms with van der Waals surface area (Å²) >= 11 is 0. The SMILES string of the molecule is CNc1ccccc1-c1ccc2c(c1)C(c1cccc(F)c1)Oc1cccc(OC)c1-2. The highest BCUT2D eigenvalue weighted by molar-refractivity contribution is 5.86. The van der Waals surface area contributed by atoms with Crippen molar-refractivity contribution in [1.29, 1.82) is 0 Å². The second kappa shape index (κ2) is 7.80. The maximum absolute atomic E-state index is 14.1. The average Bonchev–Trinajstić information content (AvgIpc) is 2.82. The number of anilines is 1. The zero-order valence-corrected chi connectivity index (χ0v) is 17.4. The van der Waals surface area contributed by atoms with E-state index in [1.165, 1.54) is 12.1 Å². The van der Waals surface area contributed by atoms with E-state index in [1.807, 2.05) is 49.5 Å². The normalized spacial score (nSPS) is 14.2. The van der Waals surface area contributed by atoms with Crippen LogP contribution in [-0.4, -0.2) is 14.2 Å². The van der Waals surface area contributed by atoms with Crippen molar-refractivity contribution in [3.05, 3.63) is 102 Å². The van der Waals surface area contributed by atoms with Gasteiger partial charge in [-0.2, -0.15) is 0 Å². The van der Waals surface area contributed by atoms with Crippen LogP contribution in [0.2, 0.25) is 0 Å². The predicted molar refractivity (Wildman–Crippen MR) is 122 cm³/mol. The quantitative estimate of drug-likeness (QED) is 0.406. The van der Waals surface area contributed by atoms with Crippen LogP contribution in [0.5, 0.6) is 11.5 Å². The van der Waals surface area contributed by atoms with Crippen molar-refractivity contribution < 1.29 is 13.9 Å². The van der Waals surface area contributed by atoms with Gasteiger partial charge in [0.15, 0.2) is 0 Å². The lowest BCUT2D eigenvalue weighted by Crippen LogP contribution is -2.16. The molecular weight excluding hydrogens is 389 g/mol. The Bertz CT molecular complexity index is 1270. The van der Waals surface area contributed by atoms with Gasteiger partial charge >= 0.3 is 0 Å². The van der Waals surface area contributed by atoms with Gasteiger partial charge in [-0.25, -0.2) is 4.39 Å². The minimum atomic E-state index is -0.424. The highest BCUT2D eigenvalue weighted by atomic mass is 19.1. The summed E-state index contributed by atoms with van der Waals surface area (Å²) in [5.74, 6) is 1.19. The zero-order valence-electron chi connectivity index (χ0n) is 17.4. The number of hydrogen-bond acceptors (Lipinski definition) is 3. The number of rotatable bonds is 4. The molecule has 0 bridgehead atoms. The van der Waals surface area contributed by atoms with Crippen molar-refractivity contribution >= 4 is 5.69 Å². The minimum Gasteiger partial charge on any atom is -0.496 e. The lowest BCUT2D eigenvalue weighted by molar-refractivity contribution is 0.241. The van der Waals surface area contributed by atoms with E-state index >= 15 is 0 Å². The Morgan fingerprint density at radius 3 is 2.52 bits per heavy atom. The summed E-state index contributed by atoms with van der Waals surface area (Å²) < 4.78 is 26.1. The van der Waals surface area contributed by atoms with Crippen LogP contribution in [0.1, 0.15) is 17.2 Å². The van der Waals surface area contributed by atoms with Crippen molar-refractivity contribution in [2.75, 3.05) is 19.5 Å². The molecule has 1 N–H and O–H groups in total.